The molecule has 0 bridgehead atoms. The van der Waals surface area contributed by atoms with Crippen molar-refractivity contribution in [2.45, 2.75) is 25.7 Å². The van der Waals surface area contributed by atoms with Crippen molar-refractivity contribution in [2.75, 3.05) is 23.3 Å². The van der Waals surface area contributed by atoms with Gasteiger partial charge in [-0.3, -0.25) is 0 Å². The smallest absolute Gasteiger partial charge is 0.229 e. The summed E-state index contributed by atoms with van der Waals surface area (Å²) in [6.07, 6.45) is 5.04. The van der Waals surface area contributed by atoms with Crippen LogP contribution in [0.3, 0.4) is 0 Å². The predicted molar refractivity (Wildman–Crippen MR) is 105 cm³/mol. The fourth-order valence-corrected chi connectivity index (χ4v) is 3.43. The maximum Gasteiger partial charge on any atom is 0.229 e. The number of aromatic nitrogens is 2. The van der Waals surface area contributed by atoms with E-state index in [1.807, 2.05) is 36.4 Å². The molecule has 1 aliphatic heterocycles. The van der Waals surface area contributed by atoms with Crippen LogP contribution in [0.1, 0.15) is 25.7 Å². The average Bonchev–Trinajstić information content (AvgIpc) is 2.92. The van der Waals surface area contributed by atoms with E-state index in [9.17, 15) is 0 Å². The van der Waals surface area contributed by atoms with Gasteiger partial charge in [0.05, 0.1) is 5.52 Å². The Hall–Kier alpha value is -2.33. The number of benzene rings is 2. The van der Waals surface area contributed by atoms with E-state index in [1.54, 1.807) is 0 Å². The first-order valence-corrected chi connectivity index (χ1v) is 9.22. The van der Waals surface area contributed by atoms with Crippen molar-refractivity contribution in [1.29, 1.82) is 0 Å². The molecule has 4 nitrogen and oxygen atoms in total. The maximum atomic E-state index is 5.97. The van der Waals surface area contributed by atoms with Crippen LogP contribution in [0.25, 0.3) is 10.9 Å². The highest BCUT2D eigenvalue weighted by molar-refractivity contribution is 6.30. The highest BCUT2D eigenvalue weighted by Gasteiger charge is 2.16. The van der Waals surface area contributed by atoms with Gasteiger partial charge >= 0.3 is 0 Å². The topological polar surface area (TPSA) is 41.1 Å². The molecule has 5 heteroatoms. The molecule has 1 saturated heterocycles. The lowest BCUT2D eigenvalue weighted by atomic mass is 10.2. The zero-order valence-corrected chi connectivity index (χ0v) is 14.8. The summed E-state index contributed by atoms with van der Waals surface area (Å²) in [5.74, 6) is 1.66. The second-order valence-electron chi connectivity index (χ2n) is 6.42. The minimum atomic E-state index is 0.625. The zero-order valence-electron chi connectivity index (χ0n) is 14.1. The van der Waals surface area contributed by atoms with Crippen LogP contribution in [0.2, 0.25) is 5.02 Å². The van der Waals surface area contributed by atoms with Gasteiger partial charge in [0.25, 0.3) is 0 Å². The third kappa shape index (κ3) is 3.69. The van der Waals surface area contributed by atoms with E-state index in [-0.39, 0.29) is 0 Å². The first-order valence-electron chi connectivity index (χ1n) is 8.84. The molecule has 1 fully saturated rings. The zero-order chi connectivity index (χ0) is 17.1. The number of hydrogen-bond acceptors (Lipinski definition) is 4. The molecule has 3 aromatic rings. The molecular formula is C20H21ClN4. The Kier molecular flexibility index (Phi) is 4.70. The number of anilines is 3. The van der Waals surface area contributed by atoms with Crippen molar-refractivity contribution >= 4 is 40.0 Å². The van der Waals surface area contributed by atoms with Crippen LogP contribution in [-0.4, -0.2) is 23.1 Å². The van der Waals surface area contributed by atoms with Crippen LogP contribution in [-0.2, 0) is 0 Å². The van der Waals surface area contributed by atoms with Gasteiger partial charge < -0.3 is 10.2 Å². The van der Waals surface area contributed by atoms with Crippen LogP contribution in [0.5, 0.6) is 0 Å². The third-order valence-electron chi connectivity index (χ3n) is 4.59. The molecule has 25 heavy (non-hydrogen) atoms. The van der Waals surface area contributed by atoms with Crippen molar-refractivity contribution in [1.82, 2.24) is 9.97 Å². The van der Waals surface area contributed by atoms with Gasteiger partial charge in [0, 0.05) is 29.2 Å². The molecule has 2 heterocycles. The third-order valence-corrected chi connectivity index (χ3v) is 4.84. The van der Waals surface area contributed by atoms with Crippen molar-refractivity contribution in [3.8, 4) is 0 Å². The molecule has 1 N–H and O–H groups in total. The van der Waals surface area contributed by atoms with E-state index in [2.05, 4.69) is 27.3 Å². The molecule has 4 rings (SSSR count). The Morgan fingerprint density at radius 1 is 0.840 bits per heavy atom. The molecular weight excluding hydrogens is 332 g/mol. The lowest BCUT2D eigenvalue weighted by Crippen LogP contribution is -2.25. The minimum absolute atomic E-state index is 0.625. The largest absolute Gasteiger partial charge is 0.356 e. The second-order valence-corrected chi connectivity index (χ2v) is 6.86. The Morgan fingerprint density at radius 2 is 1.56 bits per heavy atom. The number of rotatable bonds is 3. The van der Waals surface area contributed by atoms with E-state index in [1.165, 1.54) is 25.7 Å². The molecule has 0 atom stereocenters. The van der Waals surface area contributed by atoms with Gasteiger partial charge in [-0.15, -0.1) is 0 Å². The normalized spacial score (nSPS) is 15.2. The summed E-state index contributed by atoms with van der Waals surface area (Å²) >= 11 is 5.97. The first-order chi connectivity index (χ1) is 12.3. The van der Waals surface area contributed by atoms with Gasteiger partial charge in [-0.25, -0.2) is 4.98 Å². The first kappa shape index (κ1) is 16.2. The van der Waals surface area contributed by atoms with Gasteiger partial charge in [-0.1, -0.05) is 36.6 Å². The molecule has 0 spiro atoms. The quantitative estimate of drug-likeness (QED) is 0.684. The molecule has 0 saturated carbocycles. The predicted octanol–water partition coefficient (Wildman–Crippen LogP) is 5.41. The summed E-state index contributed by atoms with van der Waals surface area (Å²) in [5, 5.41) is 5.15. The van der Waals surface area contributed by atoms with Gasteiger partial charge in [0.1, 0.15) is 5.82 Å². The molecule has 1 aromatic heterocycles. The van der Waals surface area contributed by atoms with E-state index >= 15 is 0 Å². The molecule has 1 aliphatic rings. The molecule has 0 radical (unpaired) electrons. The molecule has 0 amide bonds. The summed E-state index contributed by atoms with van der Waals surface area (Å²) < 4.78 is 0. The van der Waals surface area contributed by atoms with Crippen LogP contribution in [0, 0.1) is 0 Å². The fourth-order valence-electron chi connectivity index (χ4n) is 3.30. The minimum Gasteiger partial charge on any atom is -0.356 e. The fraction of sp³-hybridized carbons (Fsp3) is 0.300. The number of fused-ring (bicyclic) bond motifs is 1. The van der Waals surface area contributed by atoms with E-state index in [4.69, 9.17) is 16.6 Å². The molecule has 128 valence electrons. The van der Waals surface area contributed by atoms with Gasteiger partial charge in [0.2, 0.25) is 5.95 Å². The molecule has 0 unspecified atom stereocenters. The average molecular weight is 353 g/mol. The van der Waals surface area contributed by atoms with Crippen LogP contribution >= 0.6 is 11.6 Å². The molecule has 0 aliphatic carbocycles. The number of hydrogen-bond donors (Lipinski definition) is 1. The summed E-state index contributed by atoms with van der Waals surface area (Å²) in [6.45, 7) is 2.11. The van der Waals surface area contributed by atoms with Crippen LogP contribution < -0.4 is 10.2 Å². The SMILES string of the molecule is Clc1ccc(Nc2nc(N3CCCCCC3)c3ccccc3n2)cc1. The summed E-state index contributed by atoms with van der Waals surface area (Å²) in [7, 11) is 0. The van der Waals surface area contributed by atoms with Crippen LogP contribution in [0.4, 0.5) is 17.5 Å². The van der Waals surface area contributed by atoms with Gasteiger partial charge in [-0.05, 0) is 49.2 Å². The Labute approximate surface area is 152 Å². The van der Waals surface area contributed by atoms with Crippen LogP contribution in [0.15, 0.2) is 48.5 Å². The lowest BCUT2D eigenvalue weighted by Gasteiger charge is -2.23. The summed E-state index contributed by atoms with van der Waals surface area (Å²) in [4.78, 5) is 12.0. The Morgan fingerprint density at radius 3 is 2.32 bits per heavy atom. The monoisotopic (exact) mass is 352 g/mol. The summed E-state index contributed by atoms with van der Waals surface area (Å²) in [6, 6.07) is 15.8. The number of para-hydroxylation sites is 1. The standard InChI is InChI=1S/C20H21ClN4/c21-15-9-11-16(12-10-15)22-20-23-18-8-4-3-7-17(18)19(24-20)25-13-5-1-2-6-14-25/h3-4,7-12H,1-2,5-6,13-14H2,(H,22,23,24). The Balaban J connectivity index is 1.73. The number of halogens is 1. The summed E-state index contributed by atoms with van der Waals surface area (Å²) in [5.41, 5.74) is 1.90. The van der Waals surface area contributed by atoms with Crippen molar-refractivity contribution in [3.05, 3.63) is 53.6 Å². The van der Waals surface area contributed by atoms with E-state index in [0.717, 1.165) is 40.5 Å². The highest BCUT2D eigenvalue weighted by Crippen LogP contribution is 2.28. The lowest BCUT2D eigenvalue weighted by molar-refractivity contribution is 0.726. The number of nitrogens with one attached hydrogen (secondary N) is 1. The highest BCUT2D eigenvalue weighted by atomic mass is 35.5. The maximum absolute atomic E-state index is 5.97. The number of nitrogens with zero attached hydrogens (tertiary/aromatic N) is 3. The van der Waals surface area contributed by atoms with Crippen molar-refractivity contribution in [3.63, 3.8) is 0 Å². The van der Waals surface area contributed by atoms with Crippen molar-refractivity contribution < 1.29 is 0 Å². The molecule has 2 aromatic carbocycles. The second kappa shape index (κ2) is 7.28. The Bertz CT molecular complexity index is 855. The van der Waals surface area contributed by atoms with Crippen molar-refractivity contribution in [2.24, 2.45) is 0 Å². The van der Waals surface area contributed by atoms with Gasteiger partial charge in [-0.2, -0.15) is 4.98 Å². The van der Waals surface area contributed by atoms with E-state index in [0.29, 0.717) is 5.95 Å². The van der Waals surface area contributed by atoms with E-state index < -0.39 is 0 Å². The van der Waals surface area contributed by atoms with Gasteiger partial charge in [0.15, 0.2) is 0 Å².